The molecule has 1 fully saturated rings. The Morgan fingerprint density at radius 3 is 2.62 bits per heavy atom. The molecule has 1 aliphatic heterocycles. The average molecular weight is 418 g/mol. The van der Waals surface area contributed by atoms with Crippen molar-refractivity contribution in [3.05, 3.63) is 54.4 Å². The lowest BCUT2D eigenvalue weighted by Crippen LogP contribution is -2.43. The second-order valence-electron chi connectivity index (χ2n) is 7.23. The quantitative estimate of drug-likeness (QED) is 0.712. The molecule has 156 valence electrons. The van der Waals surface area contributed by atoms with Gasteiger partial charge in [-0.05, 0) is 67.1 Å². The first-order valence-electron chi connectivity index (χ1n) is 9.78. The van der Waals surface area contributed by atoms with Gasteiger partial charge in [-0.3, -0.25) is 9.78 Å². The average Bonchev–Trinajstić information content (AvgIpc) is 2.77. The van der Waals surface area contributed by atoms with E-state index in [9.17, 15) is 13.2 Å². The van der Waals surface area contributed by atoms with Gasteiger partial charge >= 0.3 is 0 Å². The molecule has 0 bridgehead atoms. The lowest BCUT2D eigenvalue weighted by Gasteiger charge is -2.33. The highest BCUT2D eigenvalue weighted by Crippen LogP contribution is 2.19. The third-order valence-corrected chi connectivity index (χ3v) is 6.62. The molecule has 1 aromatic carbocycles. The summed E-state index contributed by atoms with van der Waals surface area (Å²) in [6, 6.07) is 10.1. The van der Waals surface area contributed by atoms with Crippen molar-refractivity contribution in [3.8, 4) is 5.75 Å². The number of methoxy groups -OCH3 is 1. The van der Waals surface area contributed by atoms with Gasteiger partial charge < -0.3 is 9.64 Å². The van der Waals surface area contributed by atoms with E-state index in [4.69, 9.17) is 4.74 Å². The van der Waals surface area contributed by atoms with Crippen LogP contribution in [0, 0.1) is 5.92 Å². The predicted octanol–water partition coefficient (Wildman–Crippen LogP) is 2.24. The molecule has 1 aliphatic rings. The van der Waals surface area contributed by atoms with Crippen LogP contribution in [-0.2, 0) is 21.2 Å². The summed E-state index contributed by atoms with van der Waals surface area (Å²) in [6.45, 7) is 1.64. The number of benzene rings is 1. The molecule has 1 amide bonds. The summed E-state index contributed by atoms with van der Waals surface area (Å²) < 4.78 is 32.8. The molecule has 0 spiro atoms. The van der Waals surface area contributed by atoms with Crippen LogP contribution in [0.5, 0.6) is 5.75 Å². The van der Waals surface area contributed by atoms with Crippen LogP contribution in [0.1, 0.15) is 24.8 Å². The Hall–Kier alpha value is -2.45. The molecule has 7 nitrogen and oxygen atoms in total. The Morgan fingerprint density at radius 1 is 1.21 bits per heavy atom. The van der Waals surface area contributed by atoms with E-state index in [2.05, 4.69) is 9.71 Å². The summed E-state index contributed by atoms with van der Waals surface area (Å²) in [7, 11) is -2.05. The number of likely N-dealkylation sites (tertiary alicyclic amines) is 1. The number of nitrogens with zero attached hydrogens (tertiary/aromatic N) is 2. The first-order chi connectivity index (χ1) is 14.0. The lowest BCUT2D eigenvalue weighted by molar-refractivity contribution is -0.132. The van der Waals surface area contributed by atoms with Gasteiger partial charge in [-0.25, -0.2) is 13.1 Å². The standard InChI is InChI=1S/C21H27N3O4S/c1-28-19-5-7-20(8-6-19)29(26,27)23-15-18-3-2-14-24(16-18)21(25)9-4-17-10-12-22-13-11-17/h5-8,10-13,18,23H,2-4,9,14-16H2,1H3/t18-/m0/s1. The monoisotopic (exact) mass is 417 g/mol. The number of piperidine rings is 1. The van der Waals surface area contributed by atoms with E-state index >= 15 is 0 Å². The van der Waals surface area contributed by atoms with Crippen LogP contribution in [0.15, 0.2) is 53.7 Å². The van der Waals surface area contributed by atoms with Gasteiger partial charge in [0.1, 0.15) is 5.75 Å². The van der Waals surface area contributed by atoms with Crippen LogP contribution >= 0.6 is 0 Å². The summed E-state index contributed by atoms with van der Waals surface area (Å²) in [5, 5.41) is 0. The Kier molecular flexibility index (Phi) is 7.22. The van der Waals surface area contributed by atoms with Crippen molar-refractivity contribution in [1.29, 1.82) is 0 Å². The second-order valence-corrected chi connectivity index (χ2v) is 9.00. The van der Waals surface area contributed by atoms with Crippen molar-refractivity contribution in [2.45, 2.75) is 30.6 Å². The molecule has 1 saturated heterocycles. The molecule has 0 saturated carbocycles. The van der Waals surface area contributed by atoms with Crippen molar-refractivity contribution >= 4 is 15.9 Å². The minimum atomic E-state index is -3.58. The fourth-order valence-corrected chi connectivity index (χ4v) is 4.60. The number of sulfonamides is 1. The van der Waals surface area contributed by atoms with E-state index in [1.54, 1.807) is 24.5 Å². The topological polar surface area (TPSA) is 88.6 Å². The number of pyridine rings is 1. The van der Waals surface area contributed by atoms with Gasteiger partial charge in [-0.15, -0.1) is 0 Å². The van der Waals surface area contributed by atoms with Crippen molar-refractivity contribution in [2.75, 3.05) is 26.7 Å². The molecule has 29 heavy (non-hydrogen) atoms. The number of aromatic nitrogens is 1. The minimum absolute atomic E-state index is 0.113. The zero-order valence-electron chi connectivity index (χ0n) is 16.6. The van der Waals surface area contributed by atoms with Crippen LogP contribution in [0.4, 0.5) is 0 Å². The Labute approximate surface area is 172 Å². The smallest absolute Gasteiger partial charge is 0.240 e. The number of hydrogen-bond donors (Lipinski definition) is 1. The normalized spacial score (nSPS) is 17.1. The zero-order chi connectivity index (χ0) is 20.7. The maximum Gasteiger partial charge on any atom is 0.240 e. The van der Waals surface area contributed by atoms with E-state index in [0.29, 0.717) is 31.7 Å². The third-order valence-electron chi connectivity index (χ3n) is 5.18. The van der Waals surface area contributed by atoms with Crippen LogP contribution in [0.3, 0.4) is 0 Å². The fourth-order valence-electron chi connectivity index (χ4n) is 3.48. The number of carbonyl (C=O) groups is 1. The van der Waals surface area contributed by atoms with Crippen LogP contribution < -0.4 is 9.46 Å². The van der Waals surface area contributed by atoms with E-state index < -0.39 is 10.0 Å². The van der Waals surface area contributed by atoms with Crippen molar-refractivity contribution in [1.82, 2.24) is 14.6 Å². The fraction of sp³-hybridized carbons (Fsp3) is 0.429. The summed E-state index contributed by atoms with van der Waals surface area (Å²) in [6.07, 6.45) is 6.38. The molecule has 1 N–H and O–H groups in total. The largest absolute Gasteiger partial charge is 0.497 e. The maximum atomic E-state index is 12.6. The second kappa shape index (κ2) is 9.84. The van der Waals surface area contributed by atoms with E-state index in [-0.39, 0.29) is 16.7 Å². The Balaban J connectivity index is 1.50. The molecular weight excluding hydrogens is 390 g/mol. The number of amides is 1. The summed E-state index contributed by atoms with van der Waals surface area (Å²) in [4.78, 5) is 18.6. The number of rotatable bonds is 8. The number of aryl methyl sites for hydroxylation is 1. The molecule has 0 radical (unpaired) electrons. The Morgan fingerprint density at radius 2 is 1.93 bits per heavy atom. The highest BCUT2D eigenvalue weighted by molar-refractivity contribution is 7.89. The highest BCUT2D eigenvalue weighted by atomic mass is 32.2. The van der Waals surface area contributed by atoms with Gasteiger partial charge in [0.2, 0.25) is 15.9 Å². The molecule has 1 atom stereocenters. The van der Waals surface area contributed by atoms with Crippen LogP contribution in [0.2, 0.25) is 0 Å². The van der Waals surface area contributed by atoms with Gasteiger partial charge in [-0.1, -0.05) is 0 Å². The van der Waals surface area contributed by atoms with Gasteiger partial charge in [0, 0.05) is 38.4 Å². The summed E-state index contributed by atoms with van der Waals surface area (Å²) in [5.74, 6) is 0.836. The molecule has 1 aromatic heterocycles. The van der Waals surface area contributed by atoms with Crippen LogP contribution in [0.25, 0.3) is 0 Å². The summed E-state index contributed by atoms with van der Waals surface area (Å²) in [5.41, 5.74) is 1.09. The minimum Gasteiger partial charge on any atom is -0.497 e. The lowest BCUT2D eigenvalue weighted by atomic mass is 9.98. The first kappa shape index (κ1) is 21.3. The summed E-state index contributed by atoms with van der Waals surface area (Å²) >= 11 is 0. The van der Waals surface area contributed by atoms with E-state index in [0.717, 1.165) is 24.9 Å². The SMILES string of the molecule is COc1ccc(S(=O)(=O)NC[C@@H]2CCCN(C(=O)CCc3ccncc3)C2)cc1. The van der Waals surface area contributed by atoms with Gasteiger partial charge in [0.15, 0.2) is 0 Å². The van der Waals surface area contributed by atoms with E-state index in [1.807, 2.05) is 17.0 Å². The number of ether oxygens (including phenoxy) is 1. The molecule has 0 unspecified atom stereocenters. The molecular formula is C21H27N3O4S. The van der Waals surface area contributed by atoms with Crippen LogP contribution in [-0.4, -0.2) is 51.0 Å². The van der Waals surface area contributed by atoms with Gasteiger partial charge in [0.25, 0.3) is 0 Å². The van der Waals surface area contributed by atoms with Crippen molar-refractivity contribution < 1.29 is 17.9 Å². The number of nitrogens with one attached hydrogen (secondary N) is 1. The molecule has 2 heterocycles. The van der Waals surface area contributed by atoms with Crippen molar-refractivity contribution in [2.24, 2.45) is 5.92 Å². The predicted molar refractivity (Wildman–Crippen MR) is 110 cm³/mol. The number of hydrogen-bond acceptors (Lipinski definition) is 5. The molecule has 0 aliphatic carbocycles. The van der Waals surface area contributed by atoms with Gasteiger partial charge in [0.05, 0.1) is 12.0 Å². The molecule has 8 heteroatoms. The number of carbonyl (C=O) groups excluding carboxylic acids is 1. The van der Waals surface area contributed by atoms with Crippen molar-refractivity contribution in [3.63, 3.8) is 0 Å². The zero-order valence-corrected chi connectivity index (χ0v) is 17.4. The first-order valence-corrected chi connectivity index (χ1v) is 11.3. The van der Waals surface area contributed by atoms with Gasteiger partial charge in [-0.2, -0.15) is 0 Å². The third kappa shape index (κ3) is 6.01. The molecule has 3 rings (SSSR count). The maximum absolute atomic E-state index is 12.6. The molecule has 2 aromatic rings. The Bertz CT molecular complexity index is 901. The van der Waals surface area contributed by atoms with E-state index in [1.165, 1.54) is 19.2 Å². The highest BCUT2D eigenvalue weighted by Gasteiger charge is 2.25.